The van der Waals surface area contributed by atoms with E-state index < -0.39 is 11.9 Å². The second-order valence-electron chi connectivity index (χ2n) is 8.56. The molecule has 5 rings (SSSR count). The van der Waals surface area contributed by atoms with Gasteiger partial charge < -0.3 is 9.47 Å². The van der Waals surface area contributed by atoms with Gasteiger partial charge in [0.05, 0.1) is 22.4 Å². The Balaban J connectivity index is 1.11. The van der Waals surface area contributed by atoms with Gasteiger partial charge in [-0.05, 0) is 53.6 Å². The van der Waals surface area contributed by atoms with E-state index in [0.29, 0.717) is 11.4 Å². The molecule has 0 saturated heterocycles. The van der Waals surface area contributed by atoms with Gasteiger partial charge in [0.15, 0.2) is 0 Å². The van der Waals surface area contributed by atoms with Gasteiger partial charge in [0.25, 0.3) is 0 Å². The van der Waals surface area contributed by atoms with Crippen LogP contribution in [-0.2, 0) is 32.3 Å². The van der Waals surface area contributed by atoms with Crippen LogP contribution in [0.15, 0.2) is 109 Å². The summed E-state index contributed by atoms with van der Waals surface area (Å²) in [7, 11) is 0. The summed E-state index contributed by atoms with van der Waals surface area (Å²) in [4.78, 5) is 33.4. The van der Waals surface area contributed by atoms with Crippen LogP contribution < -0.4 is 0 Å². The highest BCUT2D eigenvalue weighted by Gasteiger charge is 2.04. The molecule has 0 fully saturated rings. The second kappa shape index (κ2) is 11.8. The number of nitrogens with zero attached hydrogens (tertiary/aromatic N) is 2. The number of aromatic nitrogens is 2. The van der Waals surface area contributed by atoms with Crippen molar-refractivity contribution in [3.05, 3.63) is 132 Å². The van der Waals surface area contributed by atoms with Gasteiger partial charge in [0.2, 0.25) is 0 Å². The molecule has 6 nitrogen and oxygen atoms in total. The number of rotatable bonds is 8. The molecule has 38 heavy (non-hydrogen) atoms. The Labute approximate surface area is 219 Å². The minimum atomic E-state index is -0.468. The molecule has 0 aliphatic rings. The van der Waals surface area contributed by atoms with Gasteiger partial charge in [-0.3, -0.25) is 0 Å². The molecule has 0 unspecified atom stereocenters. The maximum Gasteiger partial charge on any atom is 0.331 e. The van der Waals surface area contributed by atoms with Crippen LogP contribution in [0.2, 0.25) is 0 Å². The van der Waals surface area contributed by atoms with Crippen LogP contribution in [0.3, 0.4) is 0 Å². The zero-order valence-electron chi connectivity index (χ0n) is 20.5. The molecule has 0 atom stereocenters. The third kappa shape index (κ3) is 6.56. The zero-order valence-corrected chi connectivity index (χ0v) is 20.5. The first-order valence-electron chi connectivity index (χ1n) is 12.1. The maximum atomic E-state index is 12.2. The number of fused-ring (bicyclic) bond motifs is 2. The summed E-state index contributed by atoms with van der Waals surface area (Å²) in [5.74, 6) is -0.937. The fourth-order valence-corrected chi connectivity index (χ4v) is 3.87. The van der Waals surface area contributed by atoms with Gasteiger partial charge in [0.1, 0.15) is 13.2 Å². The molecule has 0 N–H and O–H groups in total. The van der Waals surface area contributed by atoms with E-state index in [-0.39, 0.29) is 13.2 Å². The van der Waals surface area contributed by atoms with Crippen molar-refractivity contribution in [2.45, 2.75) is 13.2 Å². The van der Waals surface area contributed by atoms with Crippen LogP contribution in [0.4, 0.5) is 0 Å². The van der Waals surface area contributed by atoms with Crippen molar-refractivity contribution in [2.75, 3.05) is 0 Å². The van der Waals surface area contributed by atoms with E-state index >= 15 is 0 Å². The number of carbonyl (C=O) groups is 2. The van der Waals surface area contributed by atoms with E-state index in [9.17, 15) is 9.59 Å². The third-order valence-electron chi connectivity index (χ3n) is 5.77. The summed E-state index contributed by atoms with van der Waals surface area (Å²) in [5, 5.41) is 2.08. The number of ether oxygens (including phenoxy) is 2. The summed E-state index contributed by atoms with van der Waals surface area (Å²) in [6, 6.07) is 30.6. The molecule has 6 heteroatoms. The largest absolute Gasteiger partial charge is 0.458 e. The lowest BCUT2D eigenvalue weighted by atomic mass is 10.1. The molecule has 0 bridgehead atoms. The lowest BCUT2D eigenvalue weighted by molar-refractivity contribution is -0.139. The molecule has 2 aromatic heterocycles. The first kappa shape index (κ1) is 24.6. The Morgan fingerprint density at radius 3 is 1.55 bits per heavy atom. The first-order valence-corrected chi connectivity index (χ1v) is 12.1. The molecular formula is C32H24N2O4. The van der Waals surface area contributed by atoms with Crippen LogP contribution in [0.25, 0.3) is 34.0 Å². The molecule has 0 aliphatic heterocycles. The first-order chi connectivity index (χ1) is 18.6. The van der Waals surface area contributed by atoms with Crippen molar-refractivity contribution in [1.82, 2.24) is 9.97 Å². The van der Waals surface area contributed by atoms with E-state index in [1.54, 1.807) is 12.2 Å². The fraction of sp³-hybridized carbons (Fsp3) is 0.0625. The van der Waals surface area contributed by atoms with E-state index in [4.69, 9.17) is 9.47 Å². The van der Waals surface area contributed by atoms with Crippen molar-refractivity contribution in [2.24, 2.45) is 0 Å². The Kier molecular flexibility index (Phi) is 7.61. The Bertz CT molecular complexity index is 1550. The van der Waals surface area contributed by atoms with Gasteiger partial charge in [0, 0.05) is 22.9 Å². The van der Waals surface area contributed by atoms with Gasteiger partial charge in [-0.2, -0.15) is 0 Å². The molecule has 5 aromatic rings. The highest BCUT2D eigenvalue weighted by molar-refractivity contribution is 5.88. The van der Waals surface area contributed by atoms with Crippen LogP contribution >= 0.6 is 0 Å². The lowest BCUT2D eigenvalue weighted by Crippen LogP contribution is -2.03. The third-order valence-corrected chi connectivity index (χ3v) is 5.77. The normalized spacial score (nSPS) is 11.4. The van der Waals surface area contributed by atoms with E-state index in [0.717, 1.165) is 32.9 Å². The molecule has 0 amide bonds. The summed E-state index contributed by atoms with van der Waals surface area (Å²) >= 11 is 0. The monoisotopic (exact) mass is 500 g/mol. The number of benzene rings is 3. The number of para-hydroxylation sites is 2. The van der Waals surface area contributed by atoms with Crippen LogP contribution in [0.1, 0.15) is 22.5 Å². The number of carbonyl (C=O) groups excluding carboxylic acids is 2. The highest BCUT2D eigenvalue weighted by Crippen LogP contribution is 2.14. The molecule has 186 valence electrons. The molecule has 0 radical (unpaired) electrons. The lowest BCUT2D eigenvalue weighted by Gasteiger charge is -2.06. The average Bonchev–Trinajstić information content (AvgIpc) is 2.97. The molecule has 0 spiro atoms. The van der Waals surface area contributed by atoms with Crippen molar-refractivity contribution >= 4 is 45.9 Å². The Hall–Kier alpha value is -5.10. The van der Waals surface area contributed by atoms with Gasteiger partial charge in [-0.25, -0.2) is 19.6 Å². The number of esters is 2. The van der Waals surface area contributed by atoms with Crippen molar-refractivity contribution < 1.29 is 19.1 Å². The van der Waals surface area contributed by atoms with Crippen LogP contribution in [-0.4, -0.2) is 21.9 Å². The maximum absolute atomic E-state index is 12.2. The van der Waals surface area contributed by atoms with Gasteiger partial charge in [-0.1, -0.05) is 66.7 Å². The smallest absolute Gasteiger partial charge is 0.331 e. The Morgan fingerprint density at radius 1 is 0.579 bits per heavy atom. The SMILES string of the molecule is O=C(C=Cc1ccc2ccccc2n1)OCc1cccc(COC(=O)C=Cc2ccc3ccccc3n2)c1. The molecule has 0 saturated carbocycles. The topological polar surface area (TPSA) is 78.4 Å². The molecular weight excluding hydrogens is 476 g/mol. The van der Waals surface area contributed by atoms with E-state index in [2.05, 4.69) is 9.97 Å². The molecule has 3 aromatic carbocycles. The van der Waals surface area contributed by atoms with E-state index in [1.165, 1.54) is 12.2 Å². The van der Waals surface area contributed by atoms with Crippen molar-refractivity contribution in [3.63, 3.8) is 0 Å². The number of hydrogen-bond acceptors (Lipinski definition) is 6. The van der Waals surface area contributed by atoms with Crippen LogP contribution in [0, 0.1) is 0 Å². The minimum Gasteiger partial charge on any atom is -0.458 e. The van der Waals surface area contributed by atoms with Gasteiger partial charge >= 0.3 is 11.9 Å². The molecule has 0 aliphatic carbocycles. The minimum absolute atomic E-state index is 0.101. The van der Waals surface area contributed by atoms with Gasteiger partial charge in [-0.15, -0.1) is 0 Å². The average molecular weight is 501 g/mol. The summed E-state index contributed by atoms with van der Waals surface area (Å²) in [6.07, 6.45) is 5.98. The summed E-state index contributed by atoms with van der Waals surface area (Å²) < 4.78 is 10.7. The second-order valence-corrected chi connectivity index (χ2v) is 8.56. The van der Waals surface area contributed by atoms with Crippen molar-refractivity contribution in [3.8, 4) is 0 Å². The number of hydrogen-bond donors (Lipinski definition) is 0. The predicted octanol–water partition coefficient (Wildman–Crippen LogP) is 6.30. The predicted molar refractivity (Wildman–Crippen MR) is 148 cm³/mol. The zero-order chi connectivity index (χ0) is 26.2. The summed E-state index contributed by atoms with van der Waals surface area (Å²) in [5.41, 5.74) is 4.66. The summed E-state index contributed by atoms with van der Waals surface area (Å²) in [6.45, 7) is 0.202. The standard InChI is InChI=1S/C32H24N2O4/c35-31(18-16-27-14-12-25-8-1-3-10-29(25)33-27)37-21-23-6-5-7-24(20-23)22-38-32(36)19-17-28-15-13-26-9-2-4-11-30(26)34-28/h1-20H,21-22H2. The fourth-order valence-electron chi connectivity index (χ4n) is 3.87. The Morgan fingerprint density at radius 2 is 1.05 bits per heavy atom. The number of pyridine rings is 2. The van der Waals surface area contributed by atoms with E-state index in [1.807, 2.05) is 97.1 Å². The van der Waals surface area contributed by atoms with Crippen molar-refractivity contribution in [1.29, 1.82) is 0 Å². The molecule has 2 heterocycles. The highest BCUT2D eigenvalue weighted by atomic mass is 16.5. The van der Waals surface area contributed by atoms with Crippen LogP contribution in [0.5, 0.6) is 0 Å². The quantitative estimate of drug-likeness (QED) is 0.184.